The van der Waals surface area contributed by atoms with Gasteiger partial charge < -0.3 is 14.8 Å². The van der Waals surface area contributed by atoms with Gasteiger partial charge in [0.1, 0.15) is 17.6 Å². The van der Waals surface area contributed by atoms with Gasteiger partial charge in [0.2, 0.25) is 5.91 Å². The fourth-order valence-electron chi connectivity index (χ4n) is 3.29. The number of halogens is 1. The number of amides is 1. The molecule has 4 nitrogen and oxygen atoms in total. The molecule has 6 heteroatoms. The summed E-state index contributed by atoms with van der Waals surface area (Å²) in [7, 11) is 1.63. The quantitative estimate of drug-likeness (QED) is 0.646. The van der Waals surface area contributed by atoms with E-state index in [2.05, 4.69) is 5.32 Å². The molecule has 1 aromatic heterocycles. The first-order valence-corrected chi connectivity index (χ1v) is 9.78. The van der Waals surface area contributed by atoms with Crippen LogP contribution in [0.4, 0.5) is 0 Å². The third kappa shape index (κ3) is 3.58. The standard InChI is InChI=1S/C21H18ClNO3S/c1-25-17(18-10-11-19(22)27-18)12-23-21(24)20-13-6-2-4-8-15(13)26-16-9-5-3-7-14(16)20/h2-11,17,20H,12H2,1H3,(H,23,24). The molecule has 1 unspecified atom stereocenters. The van der Waals surface area contributed by atoms with Crippen molar-refractivity contribution in [1.82, 2.24) is 5.32 Å². The van der Waals surface area contributed by atoms with E-state index < -0.39 is 5.92 Å². The molecule has 27 heavy (non-hydrogen) atoms. The lowest BCUT2D eigenvalue weighted by Crippen LogP contribution is -2.34. The number of carbonyl (C=O) groups is 1. The van der Waals surface area contributed by atoms with E-state index >= 15 is 0 Å². The Morgan fingerprint density at radius 1 is 1.11 bits per heavy atom. The van der Waals surface area contributed by atoms with Crippen LogP contribution in [0, 0.1) is 0 Å². The number of para-hydroxylation sites is 2. The molecule has 2 aromatic carbocycles. The molecule has 0 saturated carbocycles. The second-order valence-corrected chi connectivity index (χ2v) is 7.97. The van der Waals surface area contributed by atoms with Gasteiger partial charge in [-0.1, -0.05) is 48.0 Å². The molecule has 138 valence electrons. The van der Waals surface area contributed by atoms with Crippen molar-refractivity contribution in [3.05, 3.63) is 81.0 Å². The van der Waals surface area contributed by atoms with E-state index in [1.54, 1.807) is 7.11 Å². The molecule has 0 bridgehead atoms. The number of fused-ring (bicyclic) bond motifs is 2. The van der Waals surface area contributed by atoms with Crippen molar-refractivity contribution in [2.45, 2.75) is 12.0 Å². The lowest BCUT2D eigenvalue weighted by Gasteiger charge is -2.28. The highest BCUT2D eigenvalue weighted by molar-refractivity contribution is 7.16. The number of benzene rings is 2. The molecule has 1 aliphatic rings. The van der Waals surface area contributed by atoms with Crippen LogP contribution < -0.4 is 10.1 Å². The van der Waals surface area contributed by atoms with Crippen LogP contribution in [0.3, 0.4) is 0 Å². The van der Waals surface area contributed by atoms with Crippen molar-refractivity contribution in [1.29, 1.82) is 0 Å². The SMILES string of the molecule is COC(CNC(=O)C1c2ccccc2Oc2ccccc21)c1ccc(Cl)s1. The number of ether oxygens (including phenoxy) is 2. The molecule has 4 rings (SSSR count). The molecule has 1 atom stereocenters. The highest BCUT2D eigenvalue weighted by atomic mass is 35.5. The number of nitrogens with one attached hydrogen (secondary N) is 1. The van der Waals surface area contributed by atoms with Gasteiger partial charge in [-0.05, 0) is 24.3 Å². The Balaban J connectivity index is 1.58. The number of carbonyl (C=O) groups excluding carboxylic acids is 1. The van der Waals surface area contributed by atoms with Gasteiger partial charge in [0.15, 0.2) is 0 Å². The highest BCUT2D eigenvalue weighted by Crippen LogP contribution is 2.44. The minimum atomic E-state index is -0.421. The molecule has 1 amide bonds. The summed E-state index contributed by atoms with van der Waals surface area (Å²) in [6, 6.07) is 19.0. The number of hydrogen-bond acceptors (Lipinski definition) is 4. The summed E-state index contributed by atoms with van der Waals surface area (Å²) < 4.78 is 12.2. The highest BCUT2D eigenvalue weighted by Gasteiger charge is 2.32. The molecular weight excluding hydrogens is 382 g/mol. The summed E-state index contributed by atoms with van der Waals surface area (Å²) in [5.41, 5.74) is 1.73. The second-order valence-electron chi connectivity index (χ2n) is 6.22. The van der Waals surface area contributed by atoms with Crippen LogP contribution >= 0.6 is 22.9 Å². The maximum atomic E-state index is 13.1. The van der Waals surface area contributed by atoms with Crippen LogP contribution in [0.2, 0.25) is 4.34 Å². The van der Waals surface area contributed by atoms with Crippen molar-refractivity contribution < 1.29 is 14.3 Å². The van der Waals surface area contributed by atoms with Gasteiger partial charge in [0.25, 0.3) is 0 Å². The molecule has 0 spiro atoms. The molecule has 1 aliphatic heterocycles. The topological polar surface area (TPSA) is 47.6 Å². The van der Waals surface area contributed by atoms with Gasteiger partial charge in [0, 0.05) is 29.7 Å². The average molecular weight is 400 g/mol. The third-order valence-corrected chi connectivity index (χ3v) is 5.92. The number of methoxy groups -OCH3 is 1. The minimum Gasteiger partial charge on any atom is -0.457 e. The predicted molar refractivity (Wildman–Crippen MR) is 107 cm³/mol. The summed E-state index contributed by atoms with van der Waals surface area (Å²) in [6.45, 7) is 0.369. The summed E-state index contributed by atoms with van der Waals surface area (Å²) in [6.07, 6.45) is -0.239. The Bertz CT molecular complexity index is 926. The van der Waals surface area contributed by atoms with Crippen molar-refractivity contribution >= 4 is 28.8 Å². The average Bonchev–Trinajstić information content (AvgIpc) is 3.12. The Morgan fingerprint density at radius 3 is 2.30 bits per heavy atom. The summed E-state index contributed by atoms with van der Waals surface area (Å²) in [5, 5.41) is 3.04. The first kappa shape index (κ1) is 18.0. The minimum absolute atomic E-state index is 0.0806. The van der Waals surface area contributed by atoms with Gasteiger partial charge in [-0.25, -0.2) is 0 Å². The van der Waals surface area contributed by atoms with E-state index in [0.717, 1.165) is 16.0 Å². The van der Waals surface area contributed by atoms with E-state index in [9.17, 15) is 4.79 Å². The molecule has 0 aliphatic carbocycles. The molecule has 0 radical (unpaired) electrons. The number of thiophene rings is 1. The number of hydrogen-bond donors (Lipinski definition) is 1. The first-order valence-electron chi connectivity index (χ1n) is 8.59. The van der Waals surface area contributed by atoms with Gasteiger partial charge in [-0.3, -0.25) is 4.79 Å². The zero-order chi connectivity index (χ0) is 18.8. The van der Waals surface area contributed by atoms with Gasteiger partial charge in [-0.15, -0.1) is 11.3 Å². The van der Waals surface area contributed by atoms with Crippen LogP contribution in [-0.4, -0.2) is 19.6 Å². The molecule has 2 heterocycles. The summed E-state index contributed by atoms with van der Waals surface area (Å²) in [5.74, 6) is 0.924. The van der Waals surface area contributed by atoms with Crippen LogP contribution in [0.5, 0.6) is 11.5 Å². The molecule has 3 aromatic rings. The Morgan fingerprint density at radius 2 is 1.74 bits per heavy atom. The van der Waals surface area contributed by atoms with Crippen LogP contribution in [0.25, 0.3) is 0 Å². The predicted octanol–water partition coefficient (Wildman–Crippen LogP) is 5.14. The molecular formula is C21H18ClNO3S. The van der Waals surface area contributed by atoms with E-state index in [1.807, 2.05) is 60.7 Å². The normalized spacial score (nSPS) is 14.0. The van der Waals surface area contributed by atoms with Crippen LogP contribution in [0.15, 0.2) is 60.7 Å². The van der Waals surface area contributed by atoms with Crippen molar-refractivity contribution in [3.63, 3.8) is 0 Å². The van der Waals surface area contributed by atoms with Gasteiger partial charge in [0.05, 0.1) is 10.3 Å². The zero-order valence-corrected chi connectivity index (χ0v) is 16.2. The maximum absolute atomic E-state index is 13.1. The van der Waals surface area contributed by atoms with E-state index in [4.69, 9.17) is 21.1 Å². The van der Waals surface area contributed by atoms with Crippen LogP contribution in [0.1, 0.15) is 28.0 Å². The van der Waals surface area contributed by atoms with Gasteiger partial charge >= 0.3 is 0 Å². The monoisotopic (exact) mass is 399 g/mol. The lowest BCUT2D eigenvalue weighted by atomic mass is 9.87. The van der Waals surface area contributed by atoms with E-state index in [1.165, 1.54) is 11.3 Å². The maximum Gasteiger partial charge on any atom is 0.232 e. The first-order chi connectivity index (χ1) is 13.2. The second kappa shape index (κ2) is 7.72. The van der Waals surface area contributed by atoms with Crippen molar-refractivity contribution in [2.75, 3.05) is 13.7 Å². The smallest absolute Gasteiger partial charge is 0.232 e. The third-order valence-electron chi connectivity index (χ3n) is 4.60. The lowest BCUT2D eigenvalue weighted by molar-refractivity contribution is -0.122. The Hall–Kier alpha value is -2.34. The largest absolute Gasteiger partial charge is 0.457 e. The van der Waals surface area contributed by atoms with Crippen molar-refractivity contribution in [3.8, 4) is 11.5 Å². The molecule has 0 saturated heterocycles. The molecule has 1 N–H and O–H groups in total. The Kier molecular flexibility index (Phi) is 5.16. The fraction of sp³-hybridized carbons (Fsp3) is 0.190. The van der Waals surface area contributed by atoms with Crippen LogP contribution in [-0.2, 0) is 9.53 Å². The van der Waals surface area contributed by atoms with Gasteiger partial charge in [-0.2, -0.15) is 0 Å². The molecule has 0 fully saturated rings. The zero-order valence-electron chi connectivity index (χ0n) is 14.6. The van der Waals surface area contributed by atoms with E-state index in [0.29, 0.717) is 22.4 Å². The number of rotatable bonds is 5. The summed E-state index contributed by atoms with van der Waals surface area (Å²) in [4.78, 5) is 14.1. The fourth-order valence-corrected chi connectivity index (χ4v) is 4.43. The van der Waals surface area contributed by atoms with Crippen molar-refractivity contribution in [2.24, 2.45) is 0 Å². The summed E-state index contributed by atoms with van der Waals surface area (Å²) >= 11 is 7.47. The van der Waals surface area contributed by atoms with E-state index in [-0.39, 0.29) is 12.0 Å². The Labute approximate surface area is 166 Å².